The van der Waals surface area contributed by atoms with Crippen molar-refractivity contribution in [2.45, 2.75) is 19.8 Å². The van der Waals surface area contributed by atoms with Gasteiger partial charge in [-0.2, -0.15) is 10.1 Å². The molecule has 148 valence electrons. The molecular weight excluding hydrogens is 372 g/mol. The molecule has 0 saturated heterocycles. The number of aromatic nitrogens is 6. The van der Waals surface area contributed by atoms with Crippen LogP contribution in [0.4, 0.5) is 23.5 Å². The zero-order valence-corrected chi connectivity index (χ0v) is 16.0. The SMILES string of the molecule is Cc1cc(N(C)c2nccc(Nc3cc(CCc4cccc(=O)[nH]4)[nH]n3)n2)on1. The minimum absolute atomic E-state index is 0.0977. The van der Waals surface area contributed by atoms with Gasteiger partial charge in [-0.15, -0.1) is 0 Å². The molecule has 10 nitrogen and oxygen atoms in total. The quantitative estimate of drug-likeness (QED) is 0.437. The Balaban J connectivity index is 1.41. The minimum atomic E-state index is -0.0977. The molecule has 29 heavy (non-hydrogen) atoms. The lowest BCUT2D eigenvalue weighted by Crippen LogP contribution is -2.12. The van der Waals surface area contributed by atoms with Crippen LogP contribution in [0.25, 0.3) is 0 Å². The maximum absolute atomic E-state index is 11.4. The second-order valence-electron chi connectivity index (χ2n) is 6.55. The van der Waals surface area contributed by atoms with Crippen LogP contribution in [0.2, 0.25) is 0 Å². The van der Waals surface area contributed by atoms with E-state index in [0.29, 0.717) is 29.9 Å². The minimum Gasteiger partial charge on any atom is -0.338 e. The Morgan fingerprint density at radius 3 is 2.79 bits per heavy atom. The lowest BCUT2D eigenvalue weighted by molar-refractivity contribution is 0.420. The number of aromatic amines is 2. The second-order valence-corrected chi connectivity index (χ2v) is 6.55. The third-order valence-electron chi connectivity index (χ3n) is 4.27. The molecule has 0 atom stereocenters. The molecule has 0 spiro atoms. The smallest absolute Gasteiger partial charge is 0.248 e. The van der Waals surface area contributed by atoms with Gasteiger partial charge in [0.05, 0.1) is 5.69 Å². The normalized spacial score (nSPS) is 10.8. The summed E-state index contributed by atoms with van der Waals surface area (Å²) in [6.07, 6.45) is 3.08. The van der Waals surface area contributed by atoms with E-state index >= 15 is 0 Å². The number of rotatable bonds is 7. The standard InChI is InChI=1S/C19H20N8O2/c1-12-10-18(29-26-12)27(2)19-20-9-8-15(23-19)22-16-11-14(24-25-16)7-6-13-4-3-5-17(28)21-13/h3-5,8-11H,6-7H2,1-2H3,(H,21,28)(H2,20,22,23,24,25). The molecule has 0 aliphatic rings. The van der Waals surface area contributed by atoms with Gasteiger partial charge < -0.3 is 14.8 Å². The largest absolute Gasteiger partial charge is 0.338 e. The highest BCUT2D eigenvalue weighted by molar-refractivity contribution is 5.56. The van der Waals surface area contributed by atoms with Crippen LogP contribution in [-0.2, 0) is 12.8 Å². The molecule has 4 aromatic rings. The van der Waals surface area contributed by atoms with Gasteiger partial charge in [0.25, 0.3) is 0 Å². The highest BCUT2D eigenvalue weighted by Crippen LogP contribution is 2.22. The Kier molecular flexibility index (Phi) is 5.06. The number of nitrogens with zero attached hydrogens (tertiary/aromatic N) is 5. The van der Waals surface area contributed by atoms with Crippen molar-refractivity contribution >= 4 is 23.5 Å². The van der Waals surface area contributed by atoms with E-state index < -0.39 is 0 Å². The van der Waals surface area contributed by atoms with Gasteiger partial charge in [-0.3, -0.25) is 14.8 Å². The first kappa shape index (κ1) is 18.4. The summed E-state index contributed by atoms with van der Waals surface area (Å²) in [5, 5.41) is 14.3. The Labute approximate surface area is 166 Å². The first-order chi connectivity index (χ1) is 14.1. The number of hydrogen-bond acceptors (Lipinski definition) is 8. The molecule has 0 amide bonds. The van der Waals surface area contributed by atoms with Gasteiger partial charge in [-0.05, 0) is 31.9 Å². The number of H-pyrrole nitrogens is 2. The van der Waals surface area contributed by atoms with E-state index in [4.69, 9.17) is 4.52 Å². The summed E-state index contributed by atoms with van der Waals surface area (Å²) in [5.74, 6) is 2.27. The highest BCUT2D eigenvalue weighted by atomic mass is 16.5. The Bertz CT molecular complexity index is 1160. The van der Waals surface area contributed by atoms with Crippen molar-refractivity contribution in [2.24, 2.45) is 0 Å². The van der Waals surface area contributed by atoms with Crippen molar-refractivity contribution in [1.82, 2.24) is 30.3 Å². The third-order valence-corrected chi connectivity index (χ3v) is 4.27. The van der Waals surface area contributed by atoms with E-state index in [2.05, 4.69) is 35.6 Å². The fourth-order valence-electron chi connectivity index (χ4n) is 2.78. The van der Waals surface area contributed by atoms with Gasteiger partial charge >= 0.3 is 0 Å². The maximum Gasteiger partial charge on any atom is 0.248 e. The summed E-state index contributed by atoms with van der Waals surface area (Å²) in [7, 11) is 1.81. The van der Waals surface area contributed by atoms with Crippen molar-refractivity contribution in [3.05, 3.63) is 70.0 Å². The lowest BCUT2D eigenvalue weighted by atomic mass is 10.2. The number of nitrogens with one attached hydrogen (secondary N) is 3. The first-order valence-corrected chi connectivity index (χ1v) is 9.06. The molecule has 0 aromatic carbocycles. The van der Waals surface area contributed by atoms with Crippen LogP contribution in [0.3, 0.4) is 0 Å². The predicted octanol–water partition coefficient (Wildman–Crippen LogP) is 2.48. The molecule has 4 rings (SSSR count). The van der Waals surface area contributed by atoms with Crippen molar-refractivity contribution in [2.75, 3.05) is 17.3 Å². The topological polar surface area (TPSA) is 129 Å². The van der Waals surface area contributed by atoms with E-state index in [0.717, 1.165) is 23.5 Å². The molecule has 3 N–H and O–H groups in total. The van der Waals surface area contributed by atoms with Crippen LogP contribution in [0.15, 0.2) is 51.9 Å². The van der Waals surface area contributed by atoms with Crippen LogP contribution >= 0.6 is 0 Å². The number of pyridine rings is 1. The Morgan fingerprint density at radius 1 is 1.14 bits per heavy atom. The van der Waals surface area contributed by atoms with Crippen LogP contribution in [0.1, 0.15) is 17.1 Å². The zero-order valence-electron chi connectivity index (χ0n) is 16.0. The molecule has 0 bridgehead atoms. The van der Waals surface area contributed by atoms with Crippen molar-refractivity contribution in [3.8, 4) is 0 Å². The fourth-order valence-corrected chi connectivity index (χ4v) is 2.78. The summed E-state index contributed by atoms with van der Waals surface area (Å²) in [5.41, 5.74) is 2.51. The van der Waals surface area contributed by atoms with E-state index in [1.165, 1.54) is 6.07 Å². The van der Waals surface area contributed by atoms with Crippen LogP contribution in [-0.4, -0.2) is 37.4 Å². The van der Waals surface area contributed by atoms with Crippen LogP contribution < -0.4 is 15.8 Å². The van der Waals surface area contributed by atoms with Gasteiger partial charge in [0, 0.05) is 42.8 Å². The average Bonchev–Trinajstić information content (AvgIpc) is 3.35. The van der Waals surface area contributed by atoms with Crippen molar-refractivity contribution < 1.29 is 4.52 Å². The summed E-state index contributed by atoms with van der Waals surface area (Å²) in [6.45, 7) is 1.85. The fraction of sp³-hybridized carbons (Fsp3) is 0.211. The molecular formula is C19H20N8O2. The van der Waals surface area contributed by atoms with E-state index in [1.54, 1.807) is 30.3 Å². The van der Waals surface area contributed by atoms with E-state index in [9.17, 15) is 4.79 Å². The van der Waals surface area contributed by atoms with Gasteiger partial charge in [0.1, 0.15) is 5.82 Å². The molecule has 0 aliphatic carbocycles. The number of anilines is 4. The zero-order chi connectivity index (χ0) is 20.2. The molecule has 0 radical (unpaired) electrons. The Hall–Kier alpha value is -3.95. The van der Waals surface area contributed by atoms with E-state index in [-0.39, 0.29) is 5.56 Å². The number of hydrogen-bond donors (Lipinski definition) is 3. The van der Waals surface area contributed by atoms with Crippen molar-refractivity contribution in [1.29, 1.82) is 0 Å². The molecule has 0 aliphatic heterocycles. The molecule has 0 saturated carbocycles. The molecule has 4 aromatic heterocycles. The van der Waals surface area contributed by atoms with Crippen molar-refractivity contribution in [3.63, 3.8) is 0 Å². The number of aryl methyl sites for hydroxylation is 3. The van der Waals surface area contributed by atoms with Gasteiger partial charge in [-0.25, -0.2) is 4.98 Å². The molecule has 0 unspecified atom stereocenters. The summed E-state index contributed by atoms with van der Waals surface area (Å²) in [4.78, 5) is 24.7. The van der Waals surface area contributed by atoms with Gasteiger partial charge in [-0.1, -0.05) is 11.2 Å². The van der Waals surface area contributed by atoms with Crippen LogP contribution in [0.5, 0.6) is 0 Å². The highest BCUT2D eigenvalue weighted by Gasteiger charge is 2.13. The molecule has 10 heteroatoms. The maximum atomic E-state index is 11.4. The summed E-state index contributed by atoms with van der Waals surface area (Å²) in [6, 6.07) is 10.6. The predicted molar refractivity (Wildman–Crippen MR) is 108 cm³/mol. The van der Waals surface area contributed by atoms with Crippen LogP contribution in [0, 0.1) is 6.92 Å². The lowest BCUT2D eigenvalue weighted by Gasteiger charge is -2.13. The average molecular weight is 392 g/mol. The second kappa shape index (κ2) is 7.97. The summed E-state index contributed by atoms with van der Waals surface area (Å²) < 4.78 is 5.25. The molecule has 0 fully saturated rings. The monoisotopic (exact) mass is 392 g/mol. The first-order valence-electron chi connectivity index (χ1n) is 9.06. The summed E-state index contributed by atoms with van der Waals surface area (Å²) >= 11 is 0. The third kappa shape index (κ3) is 4.49. The van der Waals surface area contributed by atoms with E-state index in [1.807, 2.05) is 25.1 Å². The molecule has 4 heterocycles. The van der Waals surface area contributed by atoms with Gasteiger partial charge in [0.2, 0.25) is 17.4 Å². The van der Waals surface area contributed by atoms with Gasteiger partial charge in [0.15, 0.2) is 5.82 Å². The Morgan fingerprint density at radius 2 is 2.00 bits per heavy atom.